The van der Waals surface area contributed by atoms with E-state index in [0.717, 1.165) is 0 Å². The number of fused-ring (bicyclic) bond motifs is 4. The Labute approximate surface area is 136 Å². The highest BCUT2D eigenvalue weighted by Crippen LogP contribution is 2.50. The summed E-state index contributed by atoms with van der Waals surface area (Å²) in [7, 11) is 1.45. The number of non-ortho nitro benzene ring substituents is 1. The largest absolute Gasteiger partial charge is 0.327 e. The van der Waals surface area contributed by atoms with Crippen molar-refractivity contribution in [1.82, 2.24) is 0 Å². The first-order valence-corrected chi connectivity index (χ1v) is 7.34. The van der Waals surface area contributed by atoms with E-state index in [1.165, 1.54) is 19.2 Å². The highest BCUT2D eigenvalue weighted by Gasteiger charge is 2.58. The third-order valence-electron chi connectivity index (χ3n) is 4.32. The van der Waals surface area contributed by atoms with E-state index in [1.807, 2.05) is 0 Å². The maximum Gasteiger partial charge on any atom is 0.313 e. The molecule has 0 unspecified atom stereocenters. The van der Waals surface area contributed by atoms with Gasteiger partial charge in [0.15, 0.2) is 11.9 Å². The lowest BCUT2D eigenvalue weighted by atomic mass is 9.93. The van der Waals surface area contributed by atoms with Crippen molar-refractivity contribution < 1.29 is 23.9 Å². The number of hydrogen-bond acceptors (Lipinski definition) is 6. The molecule has 7 nitrogen and oxygen atoms in total. The summed E-state index contributed by atoms with van der Waals surface area (Å²) >= 11 is 0. The van der Waals surface area contributed by atoms with E-state index in [1.54, 1.807) is 36.4 Å². The van der Waals surface area contributed by atoms with Crippen LogP contribution in [-0.4, -0.2) is 23.9 Å². The lowest BCUT2D eigenvalue weighted by Crippen LogP contribution is -2.39. The summed E-state index contributed by atoms with van der Waals surface area (Å²) in [6, 6.07) is 12.9. The standard InChI is InChI=1S/C17H13NO6/c1-22-17-13-5-3-2-4-12(13)14(19)16(24-17)15(23-17)10-6-8-11(9-7-10)18(20)21/h2-9,15-16H,1H3/t15-,16+,17+/m1/s1. The van der Waals surface area contributed by atoms with Crippen molar-refractivity contribution in [3.63, 3.8) is 0 Å². The van der Waals surface area contributed by atoms with E-state index >= 15 is 0 Å². The number of carbonyl (C=O) groups excluding carboxylic acids is 1. The van der Waals surface area contributed by atoms with Crippen molar-refractivity contribution >= 4 is 11.5 Å². The Morgan fingerprint density at radius 2 is 1.75 bits per heavy atom. The monoisotopic (exact) mass is 327 g/mol. The number of nitro benzene ring substituents is 1. The maximum atomic E-state index is 12.7. The predicted octanol–water partition coefficient (Wildman–Crippen LogP) is 2.70. The van der Waals surface area contributed by atoms with Gasteiger partial charge < -0.3 is 14.2 Å². The van der Waals surface area contributed by atoms with Gasteiger partial charge in [-0.1, -0.05) is 24.3 Å². The van der Waals surface area contributed by atoms with Gasteiger partial charge in [-0.25, -0.2) is 0 Å². The van der Waals surface area contributed by atoms with Crippen LogP contribution in [0.3, 0.4) is 0 Å². The molecule has 4 rings (SSSR count). The molecule has 2 bridgehead atoms. The second-order valence-electron chi connectivity index (χ2n) is 5.60. The average molecular weight is 327 g/mol. The van der Waals surface area contributed by atoms with E-state index < -0.39 is 23.1 Å². The van der Waals surface area contributed by atoms with E-state index in [2.05, 4.69) is 0 Å². The van der Waals surface area contributed by atoms with Crippen molar-refractivity contribution in [2.75, 3.05) is 7.11 Å². The molecular weight excluding hydrogens is 314 g/mol. The van der Waals surface area contributed by atoms with Crippen LogP contribution < -0.4 is 0 Å². The van der Waals surface area contributed by atoms with Gasteiger partial charge in [0.1, 0.15) is 6.10 Å². The van der Waals surface area contributed by atoms with Crippen molar-refractivity contribution in [2.24, 2.45) is 0 Å². The molecule has 7 heteroatoms. The normalized spacial score (nSPS) is 27.8. The van der Waals surface area contributed by atoms with Crippen molar-refractivity contribution in [3.05, 3.63) is 75.3 Å². The maximum absolute atomic E-state index is 12.7. The van der Waals surface area contributed by atoms with Crippen LogP contribution in [0.5, 0.6) is 0 Å². The lowest BCUT2D eigenvalue weighted by molar-refractivity contribution is -0.384. The Bertz CT molecular complexity index is 833. The van der Waals surface area contributed by atoms with Crippen molar-refractivity contribution in [1.29, 1.82) is 0 Å². The molecule has 0 amide bonds. The molecule has 24 heavy (non-hydrogen) atoms. The molecule has 1 fully saturated rings. The third kappa shape index (κ3) is 1.99. The number of Topliss-reactive ketones (excluding diaryl/α,β-unsaturated/α-hetero) is 1. The van der Waals surface area contributed by atoms with Gasteiger partial charge in [-0.3, -0.25) is 14.9 Å². The minimum absolute atomic E-state index is 0.0308. The van der Waals surface area contributed by atoms with Gasteiger partial charge in [-0.15, -0.1) is 0 Å². The van der Waals surface area contributed by atoms with E-state index in [9.17, 15) is 14.9 Å². The van der Waals surface area contributed by atoms with Gasteiger partial charge >= 0.3 is 5.97 Å². The molecule has 1 saturated heterocycles. The fourth-order valence-electron chi connectivity index (χ4n) is 3.16. The molecule has 2 aromatic rings. The highest BCUT2D eigenvalue weighted by atomic mass is 16.9. The van der Waals surface area contributed by atoms with Crippen LogP contribution in [0.25, 0.3) is 0 Å². The zero-order valence-corrected chi connectivity index (χ0v) is 12.7. The summed E-state index contributed by atoms with van der Waals surface area (Å²) in [5.74, 6) is -1.64. The van der Waals surface area contributed by atoms with Crippen molar-refractivity contribution in [2.45, 2.75) is 18.2 Å². The Morgan fingerprint density at radius 1 is 1.08 bits per heavy atom. The van der Waals surface area contributed by atoms with E-state index in [0.29, 0.717) is 16.7 Å². The molecule has 0 N–H and O–H groups in total. The molecule has 2 aliphatic rings. The number of hydrogen-bond donors (Lipinski definition) is 0. The van der Waals surface area contributed by atoms with Gasteiger partial charge in [0, 0.05) is 24.8 Å². The molecule has 0 aromatic heterocycles. The Morgan fingerprint density at radius 3 is 2.42 bits per heavy atom. The summed E-state index contributed by atoms with van der Waals surface area (Å²) < 4.78 is 17.2. The number of nitrogens with zero attached hydrogens (tertiary/aromatic N) is 1. The minimum atomic E-state index is -1.44. The number of rotatable bonds is 3. The molecular formula is C17H13NO6. The van der Waals surface area contributed by atoms with Crippen LogP contribution in [-0.2, 0) is 20.2 Å². The fourth-order valence-corrected chi connectivity index (χ4v) is 3.16. The van der Waals surface area contributed by atoms with Gasteiger partial charge in [-0.05, 0) is 17.7 Å². The second kappa shape index (κ2) is 5.20. The van der Waals surface area contributed by atoms with Crippen LogP contribution in [0.1, 0.15) is 27.6 Å². The van der Waals surface area contributed by atoms with Gasteiger partial charge in [-0.2, -0.15) is 0 Å². The Hall–Kier alpha value is -2.61. The summed E-state index contributed by atoms with van der Waals surface area (Å²) in [5.41, 5.74) is 1.61. The number of ketones is 1. The lowest BCUT2D eigenvalue weighted by Gasteiger charge is -2.30. The van der Waals surface area contributed by atoms with E-state index in [-0.39, 0.29) is 11.5 Å². The smallest absolute Gasteiger partial charge is 0.313 e. The first kappa shape index (κ1) is 14.9. The Kier molecular flexibility index (Phi) is 3.24. The fraction of sp³-hybridized carbons (Fsp3) is 0.235. The van der Waals surface area contributed by atoms with Crippen LogP contribution >= 0.6 is 0 Å². The topological polar surface area (TPSA) is 87.9 Å². The van der Waals surface area contributed by atoms with Gasteiger partial charge in [0.2, 0.25) is 0 Å². The molecule has 3 atom stereocenters. The van der Waals surface area contributed by atoms with Crippen LogP contribution in [0.2, 0.25) is 0 Å². The number of benzene rings is 2. The van der Waals surface area contributed by atoms with Crippen LogP contribution in [0.4, 0.5) is 5.69 Å². The van der Waals surface area contributed by atoms with Crippen molar-refractivity contribution in [3.8, 4) is 0 Å². The summed E-state index contributed by atoms with van der Waals surface area (Å²) in [4.78, 5) is 23.0. The number of carbonyl (C=O) groups is 1. The first-order valence-electron chi connectivity index (χ1n) is 7.34. The second-order valence-corrected chi connectivity index (χ2v) is 5.60. The quantitative estimate of drug-likeness (QED) is 0.636. The molecule has 2 aliphatic heterocycles. The average Bonchev–Trinajstić information content (AvgIpc) is 2.98. The highest BCUT2D eigenvalue weighted by molar-refractivity contribution is 6.02. The Balaban J connectivity index is 1.77. The minimum Gasteiger partial charge on any atom is -0.327 e. The van der Waals surface area contributed by atoms with E-state index in [4.69, 9.17) is 14.2 Å². The SMILES string of the molecule is CO[C@@]12O[C@H](c3ccc([N+](=O)[O-])cc3)[C@@H](O1)C(=O)c1ccccc12. The zero-order valence-electron chi connectivity index (χ0n) is 12.7. The van der Waals surface area contributed by atoms with Crippen LogP contribution in [0, 0.1) is 10.1 Å². The molecule has 2 aromatic carbocycles. The van der Waals surface area contributed by atoms with Gasteiger partial charge in [0.25, 0.3) is 5.69 Å². The molecule has 122 valence electrons. The van der Waals surface area contributed by atoms with Gasteiger partial charge in [0.05, 0.1) is 10.5 Å². The molecule has 0 saturated carbocycles. The summed E-state index contributed by atoms with van der Waals surface area (Å²) in [6.45, 7) is 0. The summed E-state index contributed by atoms with van der Waals surface area (Å²) in [6.07, 6.45) is -1.56. The third-order valence-corrected chi connectivity index (χ3v) is 4.32. The molecule has 0 spiro atoms. The van der Waals surface area contributed by atoms with Crippen LogP contribution in [0.15, 0.2) is 48.5 Å². The first-order chi connectivity index (χ1) is 11.6. The molecule has 2 heterocycles. The molecule has 0 aliphatic carbocycles. The number of methoxy groups -OCH3 is 1. The molecule has 0 radical (unpaired) electrons. The summed E-state index contributed by atoms with van der Waals surface area (Å²) in [5, 5.41) is 10.8. The predicted molar refractivity (Wildman–Crippen MR) is 81.3 cm³/mol. The number of nitro groups is 1. The zero-order chi connectivity index (χ0) is 16.9. The number of ether oxygens (including phenoxy) is 3.